The molecule has 7 nitrogen and oxygen atoms in total. The lowest BCUT2D eigenvalue weighted by molar-refractivity contribution is -0.145. The molecule has 0 radical (unpaired) electrons. The lowest BCUT2D eigenvalue weighted by Gasteiger charge is -2.20. The Morgan fingerprint density at radius 2 is 1.67 bits per heavy atom. The summed E-state index contributed by atoms with van der Waals surface area (Å²) in [7, 11) is 0. The number of aliphatic carboxylic acids is 1. The predicted octanol–water partition coefficient (Wildman–Crippen LogP) is -2.36. The highest BCUT2D eigenvalue weighted by atomic mass is 16.4. The summed E-state index contributed by atoms with van der Waals surface area (Å²) in [5.74, 6) is -2.19. The van der Waals surface area contributed by atoms with Gasteiger partial charge in [0.25, 0.3) is 0 Å². The number of nitrogens with two attached hydrogens (primary N) is 1. The molecule has 0 aromatic carbocycles. The van der Waals surface area contributed by atoms with Crippen molar-refractivity contribution in [2.24, 2.45) is 5.73 Å². The number of amides is 1. The van der Waals surface area contributed by atoms with E-state index in [-0.39, 0.29) is 0 Å². The number of carboxylic acid groups (broad SMARTS) is 1. The molecule has 88 valence electrons. The Labute approximate surface area is 86.9 Å². The summed E-state index contributed by atoms with van der Waals surface area (Å²) in [6, 6.07) is -2.65. The quantitative estimate of drug-likeness (QED) is 0.352. The summed E-state index contributed by atoms with van der Waals surface area (Å²) in [6.07, 6.45) is -2.33. The molecule has 7 heteroatoms. The van der Waals surface area contributed by atoms with E-state index < -0.39 is 36.2 Å². The summed E-state index contributed by atoms with van der Waals surface area (Å²) in [4.78, 5) is 21.8. The van der Waals surface area contributed by atoms with Crippen LogP contribution in [0.3, 0.4) is 0 Å². The second-order valence-corrected chi connectivity index (χ2v) is 3.33. The number of hydrogen-bond donors (Lipinski definition) is 5. The number of carboxylic acids is 1. The molecule has 0 saturated carbocycles. The molecule has 0 fully saturated rings. The van der Waals surface area contributed by atoms with Gasteiger partial charge < -0.3 is 26.4 Å². The topological polar surface area (TPSA) is 133 Å². The second-order valence-electron chi connectivity index (χ2n) is 3.33. The number of rotatable bonds is 5. The summed E-state index contributed by atoms with van der Waals surface area (Å²) in [5, 5.41) is 28.7. The number of aliphatic hydroxyl groups is 2. The zero-order valence-electron chi connectivity index (χ0n) is 8.54. The van der Waals surface area contributed by atoms with Gasteiger partial charge in [-0.05, 0) is 13.8 Å². The maximum absolute atomic E-state index is 11.2. The zero-order valence-corrected chi connectivity index (χ0v) is 8.54. The molecule has 0 aromatic heterocycles. The van der Waals surface area contributed by atoms with E-state index in [0.29, 0.717) is 0 Å². The molecule has 6 N–H and O–H groups in total. The fraction of sp³-hybridized carbons (Fsp3) is 0.750. The van der Waals surface area contributed by atoms with E-state index in [1.165, 1.54) is 13.8 Å². The van der Waals surface area contributed by atoms with Gasteiger partial charge in [-0.3, -0.25) is 4.79 Å². The highest BCUT2D eigenvalue weighted by Crippen LogP contribution is 1.96. The minimum Gasteiger partial charge on any atom is -0.480 e. The third-order valence-electron chi connectivity index (χ3n) is 1.87. The molecule has 1 amide bonds. The van der Waals surface area contributed by atoms with E-state index in [0.717, 1.165) is 0 Å². The van der Waals surface area contributed by atoms with Crippen LogP contribution in [0.2, 0.25) is 0 Å². The molecule has 0 aliphatic carbocycles. The van der Waals surface area contributed by atoms with Gasteiger partial charge in [0.1, 0.15) is 6.04 Å². The first kappa shape index (κ1) is 13.8. The van der Waals surface area contributed by atoms with Crippen molar-refractivity contribution in [1.82, 2.24) is 5.32 Å². The fourth-order valence-electron chi connectivity index (χ4n) is 0.857. The van der Waals surface area contributed by atoms with Crippen molar-refractivity contribution in [3.63, 3.8) is 0 Å². The molecule has 0 rings (SSSR count). The first-order valence-electron chi connectivity index (χ1n) is 4.42. The molecular weight excluding hydrogens is 204 g/mol. The fourth-order valence-corrected chi connectivity index (χ4v) is 0.857. The number of nitrogens with one attached hydrogen (secondary N) is 1. The number of carbonyl (C=O) groups is 2. The molecule has 0 aliphatic heterocycles. The molecule has 0 saturated heterocycles. The standard InChI is InChI=1S/C8H16N2O5/c1-3(11)5(9)7(13)10-6(4(2)12)8(14)15/h3-6,11-12H,9H2,1-2H3,(H,10,13)(H,14,15)/t3-,4-,5-,6-/m0/s1. The third-order valence-corrected chi connectivity index (χ3v) is 1.87. The number of aliphatic hydroxyl groups excluding tert-OH is 2. The van der Waals surface area contributed by atoms with Gasteiger partial charge >= 0.3 is 5.97 Å². The summed E-state index contributed by atoms with van der Waals surface area (Å²) >= 11 is 0. The molecule has 0 spiro atoms. The molecule has 4 atom stereocenters. The van der Waals surface area contributed by atoms with E-state index in [1.807, 2.05) is 5.32 Å². The van der Waals surface area contributed by atoms with Crippen LogP contribution in [0.15, 0.2) is 0 Å². The van der Waals surface area contributed by atoms with Gasteiger partial charge in [-0.25, -0.2) is 4.79 Å². The lowest BCUT2D eigenvalue weighted by atomic mass is 10.1. The smallest absolute Gasteiger partial charge is 0.328 e. The van der Waals surface area contributed by atoms with Gasteiger partial charge in [0.15, 0.2) is 6.04 Å². The Morgan fingerprint density at radius 3 is 1.93 bits per heavy atom. The van der Waals surface area contributed by atoms with Crippen molar-refractivity contribution in [1.29, 1.82) is 0 Å². The summed E-state index contributed by atoms with van der Waals surface area (Å²) in [6.45, 7) is 2.54. The normalized spacial score (nSPS) is 18.7. The minimum absolute atomic E-state index is 0.821. The van der Waals surface area contributed by atoms with Crippen LogP contribution in [0.25, 0.3) is 0 Å². The first-order chi connectivity index (χ1) is 6.77. The molecule has 0 heterocycles. The second kappa shape index (κ2) is 5.64. The Morgan fingerprint density at radius 1 is 1.20 bits per heavy atom. The Bertz CT molecular complexity index is 241. The Kier molecular flexibility index (Phi) is 5.20. The van der Waals surface area contributed by atoms with Crippen molar-refractivity contribution >= 4 is 11.9 Å². The van der Waals surface area contributed by atoms with E-state index in [2.05, 4.69) is 0 Å². The highest BCUT2D eigenvalue weighted by molar-refractivity contribution is 5.87. The Hall–Kier alpha value is -1.18. The molecule has 0 aliphatic rings. The number of hydrogen-bond acceptors (Lipinski definition) is 5. The summed E-state index contributed by atoms with van der Waals surface area (Å²) < 4.78 is 0. The van der Waals surface area contributed by atoms with Crippen molar-refractivity contribution in [2.45, 2.75) is 38.1 Å². The average molecular weight is 220 g/mol. The molecular formula is C8H16N2O5. The van der Waals surface area contributed by atoms with Crippen LogP contribution in [0.4, 0.5) is 0 Å². The SMILES string of the molecule is C[C@H](O)[C@H](N)C(=O)N[C@H](C(=O)O)[C@H](C)O. The third kappa shape index (κ3) is 4.24. The van der Waals surface area contributed by atoms with Crippen molar-refractivity contribution in [3.8, 4) is 0 Å². The van der Waals surface area contributed by atoms with Crippen LogP contribution in [-0.4, -0.2) is 51.5 Å². The van der Waals surface area contributed by atoms with Crippen LogP contribution in [0.5, 0.6) is 0 Å². The highest BCUT2D eigenvalue weighted by Gasteiger charge is 2.28. The van der Waals surface area contributed by atoms with Gasteiger partial charge in [0.2, 0.25) is 5.91 Å². The van der Waals surface area contributed by atoms with Crippen LogP contribution in [0.1, 0.15) is 13.8 Å². The first-order valence-corrected chi connectivity index (χ1v) is 4.42. The van der Waals surface area contributed by atoms with Crippen molar-refractivity contribution < 1.29 is 24.9 Å². The summed E-state index contributed by atoms with van der Waals surface area (Å²) in [5.41, 5.74) is 5.27. The molecule has 15 heavy (non-hydrogen) atoms. The van der Waals surface area contributed by atoms with Gasteiger partial charge in [0, 0.05) is 0 Å². The van der Waals surface area contributed by atoms with Crippen molar-refractivity contribution in [2.75, 3.05) is 0 Å². The average Bonchev–Trinajstić information content (AvgIpc) is 2.11. The van der Waals surface area contributed by atoms with Gasteiger partial charge in [-0.1, -0.05) is 0 Å². The van der Waals surface area contributed by atoms with E-state index in [9.17, 15) is 9.59 Å². The largest absolute Gasteiger partial charge is 0.480 e. The number of carbonyl (C=O) groups excluding carboxylic acids is 1. The predicted molar refractivity (Wildman–Crippen MR) is 50.9 cm³/mol. The molecule has 0 aromatic rings. The van der Waals surface area contributed by atoms with E-state index in [1.54, 1.807) is 0 Å². The van der Waals surface area contributed by atoms with E-state index in [4.69, 9.17) is 21.1 Å². The minimum atomic E-state index is -1.43. The van der Waals surface area contributed by atoms with Crippen molar-refractivity contribution in [3.05, 3.63) is 0 Å². The van der Waals surface area contributed by atoms with Gasteiger partial charge in [-0.2, -0.15) is 0 Å². The zero-order chi connectivity index (χ0) is 12.2. The molecule has 0 bridgehead atoms. The van der Waals surface area contributed by atoms with E-state index >= 15 is 0 Å². The van der Waals surface area contributed by atoms with Gasteiger partial charge in [0.05, 0.1) is 12.2 Å². The Balaban J connectivity index is 4.43. The van der Waals surface area contributed by atoms with Gasteiger partial charge in [-0.15, -0.1) is 0 Å². The maximum atomic E-state index is 11.2. The maximum Gasteiger partial charge on any atom is 0.328 e. The van der Waals surface area contributed by atoms with Crippen LogP contribution < -0.4 is 11.1 Å². The monoisotopic (exact) mass is 220 g/mol. The van der Waals surface area contributed by atoms with Crippen LogP contribution in [-0.2, 0) is 9.59 Å². The lowest BCUT2D eigenvalue weighted by Crippen LogP contribution is -2.55. The van der Waals surface area contributed by atoms with Crippen LogP contribution >= 0.6 is 0 Å². The molecule has 0 unspecified atom stereocenters. The van der Waals surface area contributed by atoms with Crippen LogP contribution in [0, 0.1) is 0 Å².